The quantitative estimate of drug-likeness (QED) is 0.718. The van der Waals surface area contributed by atoms with Crippen molar-refractivity contribution in [2.45, 2.75) is 6.92 Å². The van der Waals surface area contributed by atoms with Gasteiger partial charge in [0.05, 0.1) is 17.6 Å². The Morgan fingerprint density at radius 1 is 1.14 bits per heavy atom. The molecule has 0 atom stereocenters. The Morgan fingerprint density at radius 2 is 1.79 bits per heavy atom. The molecule has 156 valence electrons. The third-order valence-electron chi connectivity index (χ3n) is 4.93. The average Bonchev–Trinajstić information content (AvgIpc) is 2.66. The van der Waals surface area contributed by atoms with Gasteiger partial charge in [0, 0.05) is 31.2 Å². The van der Waals surface area contributed by atoms with Gasteiger partial charge in [-0.2, -0.15) is 0 Å². The van der Waals surface area contributed by atoms with Crippen LogP contribution in [0, 0.1) is 12.7 Å². The molecule has 0 aliphatic carbocycles. The molecule has 9 heteroatoms. The van der Waals surface area contributed by atoms with Crippen molar-refractivity contribution >= 4 is 38.9 Å². The van der Waals surface area contributed by atoms with E-state index in [2.05, 4.69) is 0 Å². The van der Waals surface area contributed by atoms with E-state index in [0.29, 0.717) is 48.1 Å². The summed E-state index contributed by atoms with van der Waals surface area (Å²) in [7, 11) is -3.66. The number of hydrogen-bond donors (Lipinski definition) is 0. The van der Waals surface area contributed by atoms with E-state index in [4.69, 9.17) is 11.6 Å². The molecular formula is C20H23ClFN3O3S. The molecule has 6 nitrogen and oxygen atoms in total. The van der Waals surface area contributed by atoms with Gasteiger partial charge in [0.1, 0.15) is 12.4 Å². The van der Waals surface area contributed by atoms with Gasteiger partial charge in [-0.05, 0) is 42.8 Å². The molecule has 3 rings (SSSR count). The standard InChI is InChI=1S/C20H23ClFN3O3S/c1-15-13-16(21)7-8-18(15)25(29(2,27)28)14-20(26)24-11-9-23(10-12-24)19-6-4-3-5-17(19)22/h3-8,13H,9-12,14H2,1-2H3. The van der Waals surface area contributed by atoms with E-state index in [1.54, 1.807) is 48.2 Å². The van der Waals surface area contributed by atoms with E-state index in [-0.39, 0.29) is 18.3 Å². The maximum Gasteiger partial charge on any atom is 0.243 e. The molecule has 0 unspecified atom stereocenters. The number of carbonyl (C=O) groups excluding carboxylic acids is 1. The summed E-state index contributed by atoms with van der Waals surface area (Å²) in [5, 5.41) is 0.496. The van der Waals surface area contributed by atoms with Crippen molar-refractivity contribution in [3.8, 4) is 0 Å². The van der Waals surface area contributed by atoms with Crippen LogP contribution in [0.3, 0.4) is 0 Å². The van der Waals surface area contributed by atoms with Crippen LogP contribution in [0.2, 0.25) is 5.02 Å². The zero-order valence-electron chi connectivity index (χ0n) is 16.3. The van der Waals surface area contributed by atoms with Gasteiger partial charge in [0.15, 0.2) is 0 Å². The highest BCUT2D eigenvalue weighted by atomic mass is 35.5. The molecule has 0 aromatic heterocycles. The Kier molecular flexibility index (Phi) is 6.33. The van der Waals surface area contributed by atoms with Crippen LogP contribution in [0.25, 0.3) is 0 Å². The first-order chi connectivity index (χ1) is 13.7. The Morgan fingerprint density at radius 3 is 2.38 bits per heavy atom. The monoisotopic (exact) mass is 439 g/mol. The zero-order chi connectivity index (χ0) is 21.2. The van der Waals surface area contributed by atoms with E-state index >= 15 is 0 Å². The van der Waals surface area contributed by atoms with Crippen LogP contribution in [-0.2, 0) is 14.8 Å². The van der Waals surface area contributed by atoms with Gasteiger partial charge in [0.2, 0.25) is 15.9 Å². The Bertz CT molecular complexity index is 1010. The fourth-order valence-electron chi connectivity index (χ4n) is 3.41. The summed E-state index contributed by atoms with van der Waals surface area (Å²) in [4.78, 5) is 16.3. The molecule has 1 amide bonds. The molecule has 2 aromatic rings. The van der Waals surface area contributed by atoms with Crippen LogP contribution in [0.5, 0.6) is 0 Å². The number of rotatable bonds is 5. The Labute approximate surface area is 175 Å². The number of sulfonamides is 1. The predicted molar refractivity (Wildman–Crippen MR) is 114 cm³/mol. The van der Waals surface area contributed by atoms with Gasteiger partial charge in [-0.25, -0.2) is 12.8 Å². The van der Waals surface area contributed by atoms with Gasteiger partial charge >= 0.3 is 0 Å². The van der Waals surface area contributed by atoms with Crippen molar-refractivity contribution in [3.05, 3.63) is 58.9 Å². The van der Waals surface area contributed by atoms with Gasteiger partial charge in [-0.3, -0.25) is 9.10 Å². The first-order valence-electron chi connectivity index (χ1n) is 9.18. The largest absolute Gasteiger partial charge is 0.366 e. The van der Waals surface area contributed by atoms with Crippen molar-refractivity contribution < 1.29 is 17.6 Å². The van der Waals surface area contributed by atoms with E-state index in [9.17, 15) is 17.6 Å². The SMILES string of the molecule is Cc1cc(Cl)ccc1N(CC(=O)N1CCN(c2ccccc2F)CC1)S(C)(=O)=O. The average molecular weight is 440 g/mol. The third-order valence-corrected chi connectivity index (χ3v) is 6.29. The molecule has 1 aliphatic rings. The minimum absolute atomic E-state index is 0.291. The van der Waals surface area contributed by atoms with E-state index in [1.807, 2.05) is 4.90 Å². The highest BCUT2D eigenvalue weighted by Gasteiger charge is 2.28. The van der Waals surface area contributed by atoms with Crippen molar-refractivity contribution in [1.82, 2.24) is 4.90 Å². The third kappa shape index (κ3) is 5.00. The minimum Gasteiger partial charge on any atom is -0.366 e. The second kappa shape index (κ2) is 8.59. The molecule has 29 heavy (non-hydrogen) atoms. The summed E-state index contributed by atoms with van der Waals surface area (Å²) in [6, 6.07) is 11.4. The molecule has 0 radical (unpaired) electrons. The first kappa shape index (κ1) is 21.4. The molecule has 0 saturated carbocycles. The molecule has 0 N–H and O–H groups in total. The number of amides is 1. The summed E-state index contributed by atoms with van der Waals surface area (Å²) >= 11 is 5.96. The van der Waals surface area contributed by atoms with Gasteiger partial charge in [-0.15, -0.1) is 0 Å². The van der Waals surface area contributed by atoms with Crippen LogP contribution < -0.4 is 9.21 Å². The van der Waals surface area contributed by atoms with Crippen LogP contribution in [-0.4, -0.2) is 58.2 Å². The number of anilines is 2. The van der Waals surface area contributed by atoms with Crippen molar-refractivity contribution in [2.75, 3.05) is 48.2 Å². The van der Waals surface area contributed by atoms with E-state index in [1.165, 1.54) is 6.07 Å². The lowest BCUT2D eigenvalue weighted by Gasteiger charge is -2.37. The van der Waals surface area contributed by atoms with Gasteiger partial charge in [0.25, 0.3) is 0 Å². The molecule has 1 saturated heterocycles. The molecular weight excluding hydrogens is 417 g/mol. The topological polar surface area (TPSA) is 60.9 Å². The number of piperazine rings is 1. The Balaban J connectivity index is 1.71. The van der Waals surface area contributed by atoms with Crippen LogP contribution >= 0.6 is 11.6 Å². The van der Waals surface area contributed by atoms with Gasteiger partial charge in [-0.1, -0.05) is 23.7 Å². The smallest absolute Gasteiger partial charge is 0.243 e. The van der Waals surface area contributed by atoms with Gasteiger partial charge < -0.3 is 9.80 Å². The number of halogens is 2. The number of aryl methyl sites for hydroxylation is 1. The molecule has 2 aromatic carbocycles. The van der Waals surface area contributed by atoms with Crippen LogP contribution in [0.1, 0.15) is 5.56 Å². The number of benzene rings is 2. The fourth-order valence-corrected chi connectivity index (χ4v) is 4.54. The normalized spacial score (nSPS) is 14.8. The molecule has 1 fully saturated rings. The molecule has 0 bridgehead atoms. The minimum atomic E-state index is -3.66. The van der Waals surface area contributed by atoms with Crippen LogP contribution in [0.4, 0.5) is 15.8 Å². The lowest BCUT2D eigenvalue weighted by atomic mass is 10.2. The summed E-state index contributed by atoms with van der Waals surface area (Å²) in [6.45, 7) is 3.20. The maximum absolute atomic E-state index is 14.0. The van der Waals surface area contributed by atoms with E-state index < -0.39 is 10.0 Å². The number of nitrogens with zero attached hydrogens (tertiary/aromatic N) is 3. The maximum atomic E-state index is 14.0. The van der Waals surface area contributed by atoms with Crippen molar-refractivity contribution in [2.24, 2.45) is 0 Å². The second-order valence-electron chi connectivity index (χ2n) is 7.02. The van der Waals surface area contributed by atoms with Crippen molar-refractivity contribution in [3.63, 3.8) is 0 Å². The summed E-state index contributed by atoms with van der Waals surface area (Å²) in [5.74, 6) is -0.591. The number of para-hydroxylation sites is 1. The summed E-state index contributed by atoms with van der Waals surface area (Å²) in [5.41, 5.74) is 1.60. The molecule has 1 aliphatic heterocycles. The lowest BCUT2D eigenvalue weighted by molar-refractivity contribution is -0.129. The number of hydrogen-bond acceptors (Lipinski definition) is 4. The second-order valence-corrected chi connectivity index (χ2v) is 9.36. The van der Waals surface area contributed by atoms with Crippen LogP contribution in [0.15, 0.2) is 42.5 Å². The molecule has 0 spiro atoms. The zero-order valence-corrected chi connectivity index (χ0v) is 17.9. The summed E-state index contributed by atoms with van der Waals surface area (Å²) in [6.07, 6.45) is 1.07. The molecule has 1 heterocycles. The predicted octanol–water partition coefficient (Wildman–Crippen LogP) is 2.90. The highest BCUT2D eigenvalue weighted by molar-refractivity contribution is 7.92. The summed E-state index contributed by atoms with van der Waals surface area (Å²) < 4.78 is 39.8. The Hall–Kier alpha value is -2.32. The lowest BCUT2D eigenvalue weighted by Crippen LogP contribution is -2.52. The fraction of sp³-hybridized carbons (Fsp3) is 0.350. The number of carbonyl (C=O) groups is 1. The first-order valence-corrected chi connectivity index (χ1v) is 11.4. The highest BCUT2D eigenvalue weighted by Crippen LogP contribution is 2.26. The van der Waals surface area contributed by atoms with Crippen molar-refractivity contribution in [1.29, 1.82) is 0 Å². The van der Waals surface area contributed by atoms with E-state index in [0.717, 1.165) is 10.6 Å².